The Kier molecular flexibility index (Phi) is 3.72. The maximum atomic E-state index is 12.8. The number of carbonyl (C=O) groups excluding carboxylic acids is 1. The molecule has 1 aliphatic heterocycles. The van der Waals surface area contributed by atoms with Gasteiger partial charge in [-0.1, -0.05) is 18.2 Å². The summed E-state index contributed by atoms with van der Waals surface area (Å²) in [4.78, 5) is 14.4. The molecule has 1 amide bonds. The van der Waals surface area contributed by atoms with E-state index in [1.54, 1.807) is 4.90 Å². The van der Waals surface area contributed by atoms with E-state index in [-0.39, 0.29) is 23.5 Å². The van der Waals surface area contributed by atoms with E-state index in [2.05, 4.69) is 0 Å². The molecule has 1 aliphatic rings. The number of nitrogens with zero attached hydrogens (tertiary/aromatic N) is 1. The van der Waals surface area contributed by atoms with Crippen LogP contribution in [0.5, 0.6) is 0 Å². The molecule has 0 N–H and O–H groups in total. The zero-order valence-electron chi connectivity index (χ0n) is 12.7. The first-order valence-corrected chi connectivity index (χ1v) is 9.24. The summed E-state index contributed by atoms with van der Waals surface area (Å²) in [6, 6.07) is 7.26. The third kappa shape index (κ3) is 2.52. The van der Waals surface area contributed by atoms with Crippen LogP contribution in [0.2, 0.25) is 0 Å². The SMILES string of the molecule is CCN(C(=O)c1oc2ccccc2c1C)C1CCS(=O)(=O)C1. The molecule has 3 rings (SSSR count). The third-order valence-electron chi connectivity index (χ3n) is 4.29. The van der Waals surface area contributed by atoms with E-state index in [1.807, 2.05) is 38.1 Å². The van der Waals surface area contributed by atoms with Crippen molar-refractivity contribution in [3.05, 3.63) is 35.6 Å². The van der Waals surface area contributed by atoms with Crippen LogP contribution in [0.25, 0.3) is 11.0 Å². The highest BCUT2D eigenvalue weighted by Crippen LogP contribution is 2.27. The molecule has 118 valence electrons. The average Bonchev–Trinajstić information content (AvgIpc) is 3.01. The lowest BCUT2D eigenvalue weighted by Gasteiger charge is -2.26. The first kappa shape index (κ1) is 15.1. The number of benzene rings is 1. The van der Waals surface area contributed by atoms with E-state index in [1.165, 1.54) is 0 Å². The van der Waals surface area contributed by atoms with Gasteiger partial charge in [-0.2, -0.15) is 0 Å². The Morgan fingerprint density at radius 2 is 2.09 bits per heavy atom. The fourth-order valence-corrected chi connectivity index (χ4v) is 4.83. The summed E-state index contributed by atoms with van der Waals surface area (Å²) in [5, 5.41) is 0.918. The van der Waals surface area contributed by atoms with E-state index < -0.39 is 9.84 Å². The van der Waals surface area contributed by atoms with Crippen molar-refractivity contribution in [3.8, 4) is 0 Å². The molecule has 1 aromatic heterocycles. The van der Waals surface area contributed by atoms with Crippen LogP contribution >= 0.6 is 0 Å². The molecule has 0 radical (unpaired) electrons. The lowest BCUT2D eigenvalue weighted by Crippen LogP contribution is -2.41. The molecular weight excluding hydrogens is 302 g/mol. The first-order valence-electron chi connectivity index (χ1n) is 7.42. The van der Waals surface area contributed by atoms with Crippen molar-refractivity contribution < 1.29 is 17.6 Å². The van der Waals surface area contributed by atoms with E-state index in [0.29, 0.717) is 24.3 Å². The molecule has 1 aromatic carbocycles. The fourth-order valence-electron chi connectivity index (χ4n) is 3.10. The monoisotopic (exact) mass is 321 g/mol. The highest BCUT2D eigenvalue weighted by Gasteiger charge is 2.35. The molecule has 2 aromatic rings. The standard InChI is InChI=1S/C16H19NO4S/c1-3-17(12-8-9-22(19,20)10-12)16(18)15-11(2)13-6-4-5-7-14(13)21-15/h4-7,12H,3,8-10H2,1-2H3. The number of hydrogen-bond donors (Lipinski definition) is 0. The lowest BCUT2D eigenvalue weighted by atomic mass is 10.1. The second-order valence-corrected chi connectivity index (χ2v) is 7.93. The van der Waals surface area contributed by atoms with Crippen LogP contribution in [0.15, 0.2) is 28.7 Å². The molecular formula is C16H19NO4S. The maximum absolute atomic E-state index is 12.8. The predicted molar refractivity (Wildman–Crippen MR) is 84.7 cm³/mol. The number of para-hydroxylation sites is 1. The van der Waals surface area contributed by atoms with Crippen molar-refractivity contribution >= 4 is 26.7 Å². The van der Waals surface area contributed by atoms with Crippen LogP contribution in [0.4, 0.5) is 0 Å². The van der Waals surface area contributed by atoms with E-state index in [9.17, 15) is 13.2 Å². The second kappa shape index (κ2) is 5.43. The third-order valence-corrected chi connectivity index (χ3v) is 6.04. The molecule has 0 spiro atoms. The van der Waals surface area contributed by atoms with E-state index in [4.69, 9.17) is 4.42 Å². The number of aryl methyl sites for hydroxylation is 1. The van der Waals surface area contributed by atoms with Gasteiger partial charge in [0, 0.05) is 23.5 Å². The summed E-state index contributed by atoms with van der Waals surface area (Å²) in [5.41, 5.74) is 1.48. The van der Waals surface area contributed by atoms with Crippen molar-refractivity contribution in [2.45, 2.75) is 26.3 Å². The topological polar surface area (TPSA) is 67.6 Å². The van der Waals surface area contributed by atoms with Crippen molar-refractivity contribution in [3.63, 3.8) is 0 Å². The number of sulfone groups is 1. The molecule has 2 heterocycles. The molecule has 1 atom stereocenters. The molecule has 1 fully saturated rings. The van der Waals surface area contributed by atoms with Gasteiger partial charge in [0.2, 0.25) is 0 Å². The van der Waals surface area contributed by atoms with Gasteiger partial charge in [-0.25, -0.2) is 8.42 Å². The van der Waals surface area contributed by atoms with Gasteiger partial charge in [0.1, 0.15) is 5.58 Å². The summed E-state index contributed by atoms with van der Waals surface area (Å²) in [7, 11) is -3.03. The van der Waals surface area contributed by atoms with Crippen molar-refractivity contribution in [1.29, 1.82) is 0 Å². The van der Waals surface area contributed by atoms with Gasteiger partial charge in [0.05, 0.1) is 11.5 Å². The number of hydrogen-bond acceptors (Lipinski definition) is 4. The first-order chi connectivity index (χ1) is 10.4. The Balaban J connectivity index is 1.95. The second-order valence-electron chi connectivity index (χ2n) is 5.70. The van der Waals surface area contributed by atoms with Crippen LogP contribution in [0, 0.1) is 6.92 Å². The van der Waals surface area contributed by atoms with Crippen LogP contribution in [0.3, 0.4) is 0 Å². The molecule has 22 heavy (non-hydrogen) atoms. The molecule has 6 heteroatoms. The Bertz CT molecular complexity index is 822. The lowest BCUT2D eigenvalue weighted by molar-refractivity contribution is 0.0677. The number of fused-ring (bicyclic) bond motifs is 1. The van der Waals surface area contributed by atoms with Crippen LogP contribution in [0.1, 0.15) is 29.5 Å². The quantitative estimate of drug-likeness (QED) is 0.870. The number of amides is 1. The van der Waals surface area contributed by atoms with Gasteiger partial charge in [0.15, 0.2) is 15.6 Å². The minimum absolute atomic E-state index is 0.0475. The normalized spacial score (nSPS) is 20.4. The smallest absolute Gasteiger partial charge is 0.290 e. The molecule has 0 bridgehead atoms. The Hall–Kier alpha value is -1.82. The summed E-state index contributed by atoms with van der Waals surface area (Å²) in [6.07, 6.45) is 0.501. The summed E-state index contributed by atoms with van der Waals surface area (Å²) < 4.78 is 29.0. The minimum Gasteiger partial charge on any atom is -0.451 e. The Morgan fingerprint density at radius 3 is 2.68 bits per heavy atom. The minimum atomic E-state index is -3.03. The molecule has 0 aliphatic carbocycles. The Labute approximate surface area is 129 Å². The van der Waals surface area contributed by atoms with Gasteiger partial charge in [-0.05, 0) is 26.3 Å². The molecule has 1 saturated heterocycles. The van der Waals surface area contributed by atoms with Gasteiger partial charge in [-0.15, -0.1) is 0 Å². The molecule has 1 unspecified atom stereocenters. The highest BCUT2D eigenvalue weighted by molar-refractivity contribution is 7.91. The van der Waals surface area contributed by atoms with Crippen LogP contribution in [-0.4, -0.2) is 43.3 Å². The largest absolute Gasteiger partial charge is 0.451 e. The zero-order valence-corrected chi connectivity index (χ0v) is 13.5. The van der Waals surface area contributed by atoms with Gasteiger partial charge in [0.25, 0.3) is 5.91 Å². The van der Waals surface area contributed by atoms with Crippen molar-refractivity contribution in [2.75, 3.05) is 18.1 Å². The van der Waals surface area contributed by atoms with Crippen LogP contribution in [-0.2, 0) is 9.84 Å². The van der Waals surface area contributed by atoms with E-state index in [0.717, 1.165) is 10.9 Å². The highest BCUT2D eigenvalue weighted by atomic mass is 32.2. The van der Waals surface area contributed by atoms with E-state index >= 15 is 0 Å². The summed E-state index contributed by atoms with van der Waals surface area (Å²) in [6.45, 7) is 4.19. The van der Waals surface area contributed by atoms with Crippen molar-refractivity contribution in [2.24, 2.45) is 0 Å². The van der Waals surface area contributed by atoms with Crippen molar-refractivity contribution in [1.82, 2.24) is 4.90 Å². The maximum Gasteiger partial charge on any atom is 0.290 e. The van der Waals surface area contributed by atoms with Gasteiger partial charge >= 0.3 is 0 Å². The van der Waals surface area contributed by atoms with Crippen LogP contribution < -0.4 is 0 Å². The fraction of sp³-hybridized carbons (Fsp3) is 0.438. The average molecular weight is 321 g/mol. The predicted octanol–water partition coefficient (Wildman–Crippen LogP) is 2.39. The summed E-state index contributed by atoms with van der Waals surface area (Å²) >= 11 is 0. The number of carbonyl (C=O) groups is 1. The zero-order chi connectivity index (χ0) is 15.9. The van der Waals surface area contributed by atoms with Gasteiger partial charge < -0.3 is 9.32 Å². The Morgan fingerprint density at radius 1 is 1.36 bits per heavy atom. The molecule has 5 nitrogen and oxygen atoms in total. The molecule has 0 saturated carbocycles. The summed E-state index contributed by atoms with van der Waals surface area (Å²) in [5.74, 6) is 0.289. The van der Waals surface area contributed by atoms with Gasteiger partial charge in [-0.3, -0.25) is 4.79 Å². The number of furan rings is 1. The number of rotatable bonds is 3.